The van der Waals surface area contributed by atoms with E-state index < -0.39 is 5.54 Å². The highest BCUT2D eigenvalue weighted by atomic mass is 35.5. The largest absolute Gasteiger partial charge is 0.342 e. The number of nitrogens with zero attached hydrogens (tertiary/aromatic N) is 1. The zero-order valence-electron chi connectivity index (χ0n) is 9.87. The molecule has 5 nitrogen and oxygen atoms in total. The van der Waals surface area contributed by atoms with E-state index in [2.05, 4.69) is 15.6 Å². The van der Waals surface area contributed by atoms with E-state index in [0.717, 1.165) is 0 Å². The predicted molar refractivity (Wildman–Crippen MR) is 65.8 cm³/mol. The average Bonchev–Trinajstić information content (AvgIpc) is 2.19. The van der Waals surface area contributed by atoms with Crippen LogP contribution >= 0.6 is 11.6 Å². The van der Waals surface area contributed by atoms with Crippen LogP contribution in [0.5, 0.6) is 0 Å². The molecule has 1 heterocycles. The van der Waals surface area contributed by atoms with Gasteiger partial charge in [0.25, 0.3) is 0 Å². The molecule has 2 N–H and O–H groups in total. The lowest BCUT2D eigenvalue weighted by Crippen LogP contribution is -2.51. The second-order valence-corrected chi connectivity index (χ2v) is 4.52. The highest BCUT2D eigenvalue weighted by molar-refractivity contribution is 6.29. The summed E-state index contributed by atoms with van der Waals surface area (Å²) >= 11 is 5.63. The van der Waals surface area contributed by atoms with E-state index >= 15 is 0 Å². The fraction of sp³-hybridized carbons (Fsp3) is 0.364. The first kappa shape index (κ1) is 13.4. The van der Waals surface area contributed by atoms with Crippen molar-refractivity contribution in [1.82, 2.24) is 10.3 Å². The van der Waals surface area contributed by atoms with Gasteiger partial charge in [0, 0.05) is 6.92 Å². The molecule has 1 aromatic rings. The van der Waals surface area contributed by atoms with Gasteiger partial charge < -0.3 is 10.6 Å². The van der Waals surface area contributed by atoms with Gasteiger partial charge in [0.1, 0.15) is 10.7 Å². The lowest BCUT2D eigenvalue weighted by atomic mass is 10.0. The summed E-state index contributed by atoms with van der Waals surface area (Å²) in [6, 6.07) is 3.21. The number of nitrogens with one attached hydrogen (secondary N) is 2. The molecule has 2 amide bonds. The van der Waals surface area contributed by atoms with Crippen molar-refractivity contribution in [2.24, 2.45) is 0 Å². The maximum Gasteiger partial charge on any atom is 0.249 e. The molecule has 0 aliphatic rings. The number of carbonyl (C=O) groups excluding carboxylic acids is 2. The highest BCUT2D eigenvalue weighted by Crippen LogP contribution is 2.12. The van der Waals surface area contributed by atoms with Gasteiger partial charge in [-0.2, -0.15) is 0 Å². The molecule has 1 aromatic heterocycles. The van der Waals surface area contributed by atoms with Crippen LogP contribution in [0, 0.1) is 0 Å². The molecule has 0 radical (unpaired) electrons. The van der Waals surface area contributed by atoms with Gasteiger partial charge >= 0.3 is 0 Å². The number of rotatable bonds is 3. The summed E-state index contributed by atoms with van der Waals surface area (Å²) < 4.78 is 0. The second kappa shape index (κ2) is 5.14. The van der Waals surface area contributed by atoms with Crippen molar-refractivity contribution in [3.8, 4) is 0 Å². The smallest absolute Gasteiger partial charge is 0.249 e. The van der Waals surface area contributed by atoms with Crippen molar-refractivity contribution in [3.05, 3.63) is 23.5 Å². The van der Waals surface area contributed by atoms with Crippen LogP contribution < -0.4 is 10.6 Å². The number of hydrogen-bond donors (Lipinski definition) is 2. The fourth-order valence-corrected chi connectivity index (χ4v) is 1.35. The zero-order chi connectivity index (χ0) is 13.1. The van der Waals surface area contributed by atoms with Gasteiger partial charge in [0.05, 0.1) is 11.9 Å². The molecular formula is C11H14ClN3O2. The van der Waals surface area contributed by atoms with Crippen LogP contribution in [0.3, 0.4) is 0 Å². The minimum absolute atomic E-state index is 0.264. The quantitative estimate of drug-likeness (QED) is 0.806. The summed E-state index contributed by atoms with van der Waals surface area (Å²) in [5.41, 5.74) is -0.455. The molecule has 1 rings (SSSR count). The molecule has 0 aromatic carbocycles. The third-order valence-electron chi connectivity index (χ3n) is 2.04. The summed E-state index contributed by atoms with van der Waals surface area (Å²) in [7, 11) is 0. The summed E-state index contributed by atoms with van der Waals surface area (Å²) in [4.78, 5) is 26.6. The Morgan fingerprint density at radius 2 is 2.00 bits per heavy atom. The SMILES string of the molecule is CC(=O)NC(C)(C)C(=O)Nc1ccc(Cl)nc1. The summed E-state index contributed by atoms with van der Waals surface area (Å²) in [6.45, 7) is 4.60. The number of anilines is 1. The molecule has 0 fully saturated rings. The number of hydrogen-bond acceptors (Lipinski definition) is 3. The van der Waals surface area contributed by atoms with E-state index in [1.807, 2.05) is 0 Å². The Kier molecular flexibility index (Phi) is 4.07. The summed E-state index contributed by atoms with van der Waals surface area (Å²) in [5.74, 6) is -0.587. The van der Waals surface area contributed by atoms with Crippen LogP contribution in [-0.4, -0.2) is 22.3 Å². The van der Waals surface area contributed by atoms with Crippen molar-refractivity contribution >= 4 is 29.1 Å². The third-order valence-corrected chi connectivity index (χ3v) is 2.27. The minimum Gasteiger partial charge on any atom is -0.342 e. The lowest BCUT2D eigenvalue weighted by molar-refractivity contribution is -0.128. The van der Waals surface area contributed by atoms with Crippen LogP contribution in [0.2, 0.25) is 5.15 Å². The molecule has 0 unspecified atom stereocenters. The number of aromatic nitrogens is 1. The predicted octanol–water partition coefficient (Wildman–Crippen LogP) is 1.59. The molecule has 0 saturated heterocycles. The van der Waals surface area contributed by atoms with Crippen molar-refractivity contribution in [2.75, 3.05) is 5.32 Å². The van der Waals surface area contributed by atoms with E-state index in [9.17, 15) is 9.59 Å². The zero-order valence-corrected chi connectivity index (χ0v) is 10.6. The van der Waals surface area contributed by atoms with Gasteiger partial charge in [-0.1, -0.05) is 11.6 Å². The molecule has 17 heavy (non-hydrogen) atoms. The summed E-state index contributed by atoms with van der Waals surface area (Å²) in [5, 5.41) is 5.54. The molecule has 92 valence electrons. The molecule has 6 heteroatoms. The molecule has 0 atom stereocenters. The molecule has 0 aliphatic heterocycles. The van der Waals surface area contributed by atoms with E-state index in [0.29, 0.717) is 10.8 Å². The Labute approximate surface area is 105 Å². The Morgan fingerprint density at radius 3 is 2.47 bits per heavy atom. The Bertz CT molecular complexity index is 429. The maximum absolute atomic E-state index is 11.9. The first-order valence-corrected chi connectivity index (χ1v) is 5.41. The van der Waals surface area contributed by atoms with Gasteiger partial charge in [0.2, 0.25) is 11.8 Å². The van der Waals surface area contributed by atoms with Gasteiger partial charge in [-0.15, -0.1) is 0 Å². The van der Waals surface area contributed by atoms with Crippen LogP contribution in [0.1, 0.15) is 20.8 Å². The number of amides is 2. The minimum atomic E-state index is -0.981. The third kappa shape index (κ3) is 4.03. The fourth-order valence-electron chi connectivity index (χ4n) is 1.23. The molecule has 0 spiro atoms. The first-order valence-electron chi connectivity index (χ1n) is 5.03. The number of carbonyl (C=O) groups is 2. The molecule has 0 bridgehead atoms. The first-order chi connectivity index (χ1) is 7.81. The number of halogens is 1. The highest BCUT2D eigenvalue weighted by Gasteiger charge is 2.28. The maximum atomic E-state index is 11.9. The Hall–Kier alpha value is -1.62. The second-order valence-electron chi connectivity index (χ2n) is 4.13. The van der Waals surface area contributed by atoms with Crippen molar-refractivity contribution in [3.63, 3.8) is 0 Å². The standard InChI is InChI=1S/C11H14ClN3O2/c1-7(16)15-11(2,3)10(17)14-8-4-5-9(12)13-6-8/h4-6H,1-3H3,(H,14,17)(H,15,16). The topological polar surface area (TPSA) is 71.1 Å². The van der Waals surface area contributed by atoms with Gasteiger partial charge in [0.15, 0.2) is 0 Å². The van der Waals surface area contributed by atoms with Gasteiger partial charge in [-0.3, -0.25) is 9.59 Å². The van der Waals surface area contributed by atoms with Gasteiger partial charge in [-0.25, -0.2) is 4.98 Å². The molecule has 0 aliphatic carbocycles. The normalized spacial score (nSPS) is 10.8. The monoisotopic (exact) mass is 255 g/mol. The number of pyridine rings is 1. The van der Waals surface area contributed by atoms with Crippen LogP contribution in [0.15, 0.2) is 18.3 Å². The van der Waals surface area contributed by atoms with E-state index in [4.69, 9.17) is 11.6 Å². The van der Waals surface area contributed by atoms with Gasteiger partial charge in [-0.05, 0) is 26.0 Å². The average molecular weight is 256 g/mol. The van der Waals surface area contributed by atoms with Crippen LogP contribution in [0.4, 0.5) is 5.69 Å². The van der Waals surface area contributed by atoms with Crippen molar-refractivity contribution < 1.29 is 9.59 Å². The van der Waals surface area contributed by atoms with E-state index in [1.165, 1.54) is 13.1 Å². The Balaban J connectivity index is 2.71. The molecule has 0 saturated carbocycles. The van der Waals surface area contributed by atoms with E-state index in [-0.39, 0.29) is 11.8 Å². The summed E-state index contributed by atoms with van der Waals surface area (Å²) in [6.07, 6.45) is 1.45. The molecular weight excluding hydrogens is 242 g/mol. The lowest BCUT2D eigenvalue weighted by Gasteiger charge is -2.24. The van der Waals surface area contributed by atoms with Crippen molar-refractivity contribution in [1.29, 1.82) is 0 Å². The Morgan fingerprint density at radius 1 is 1.35 bits per heavy atom. The van der Waals surface area contributed by atoms with Crippen molar-refractivity contribution in [2.45, 2.75) is 26.3 Å². The van der Waals surface area contributed by atoms with E-state index in [1.54, 1.807) is 26.0 Å². The van der Waals surface area contributed by atoms with Crippen LogP contribution in [0.25, 0.3) is 0 Å². The van der Waals surface area contributed by atoms with Crippen LogP contribution in [-0.2, 0) is 9.59 Å².